The van der Waals surface area contributed by atoms with Gasteiger partial charge in [0.2, 0.25) is 5.91 Å². The monoisotopic (exact) mass is 333 g/mol. The van der Waals surface area contributed by atoms with Crippen molar-refractivity contribution in [1.82, 2.24) is 10.2 Å². The molecule has 0 radical (unpaired) electrons. The molecule has 3 atom stereocenters. The minimum Gasteiger partial charge on any atom is -0.325 e. The van der Waals surface area contributed by atoms with Gasteiger partial charge in [0.15, 0.2) is 0 Å². The summed E-state index contributed by atoms with van der Waals surface area (Å²) in [6.07, 6.45) is 2.59. The molecular formula is C18H24ClN3O. The molecule has 2 aliphatic heterocycles. The molecule has 0 spiro atoms. The Balaban J connectivity index is 0.00000192. The molecule has 0 aliphatic carbocycles. The summed E-state index contributed by atoms with van der Waals surface area (Å²) in [6, 6.07) is 8.26. The van der Waals surface area contributed by atoms with Crippen molar-refractivity contribution in [2.24, 2.45) is 0 Å². The number of nitrogens with one attached hydrogen (secondary N) is 1. The fourth-order valence-electron chi connectivity index (χ4n) is 3.98. The molecule has 4 nitrogen and oxygen atoms in total. The van der Waals surface area contributed by atoms with Gasteiger partial charge >= 0.3 is 0 Å². The van der Waals surface area contributed by atoms with Crippen LogP contribution in [0.15, 0.2) is 18.2 Å². The van der Waals surface area contributed by atoms with Crippen LogP contribution in [0.25, 0.3) is 0 Å². The quantitative estimate of drug-likeness (QED) is 0.905. The Kier molecular flexibility index (Phi) is 5.67. The highest BCUT2D eigenvalue weighted by Crippen LogP contribution is 2.32. The van der Waals surface area contributed by atoms with E-state index in [1.54, 1.807) is 4.90 Å². The van der Waals surface area contributed by atoms with Gasteiger partial charge in [0, 0.05) is 13.1 Å². The molecule has 5 heteroatoms. The van der Waals surface area contributed by atoms with Crippen molar-refractivity contribution in [3.05, 3.63) is 34.9 Å². The average molecular weight is 334 g/mol. The van der Waals surface area contributed by atoms with Crippen molar-refractivity contribution in [3.63, 3.8) is 0 Å². The first kappa shape index (κ1) is 17.8. The second-order valence-electron chi connectivity index (χ2n) is 6.52. The summed E-state index contributed by atoms with van der Waals surface area (Å²) in [7, 11) is 0. The van der Waals surface area contributed by atoms with Crippen LogP contribution < -0.4 is 5.32 Å². The van der Waals surface area contributed by atoms with E-state index >= 15 is 0 Å². The van der Waals surface area contributed by atoms with E-state index in [1.165, 1.54) is 16.7 Å². The van der Waals surface area contributed by atoms with Crippen LogP contribution >= 0.6 is 12.4 Å². The zero-order valence-electron chi connectivity index (χ0n) is 13.7. The third kappa shape index (κ3) is 3.36. The Morgan fingerprint density at radius 3 is 2.70 bits per heavy atom. The summed E-state index contributed by atoms with van der Waals surface area (Å²) in [5.41, 5.74) is 3.98. The molecule has 1 amide bonds. The lowest BCUT2D eigenvalue weighted by Crippen LogP contribution is -2.45. The SMILES string of the molecule is Cc1cccc(C)c1[C@@H]1CN[C@H](C(=O)N2CCC[C@H]2C#N)C1.Cl. The van der Waals surface area contributed by atoms with Crippen LogP contribution in [0.3, 0.4) is 0 Å². The van der Waals surface area contributed by atoms with Gasteiger partial charge in [-0.15, -0.1) is 12.4 Å². The summed E-state index contributed by atoms with van der Waals surface area (Å²) >= 11 is 0. The molecule has 1 aromatic rings. The smallest absolute Gasteiger partial charge is 0.240 e. The predicted molar refractivity (Wildman–Crippen MR) is 92.7 cm³/mol. The summed E-state index contributed by atoms with van der Waals surface area (Å²) in [5.74, 6) is 0.496. The van der Waals surface area contributed by atoms with Crippen LogP contribution in [0.2, 0.25) is 0 Å². The number of hydrogen-bond donors (Lipinski definition) is 1. The Labute approximate surface area is 144 Å². The van der Waals surface area contributed by atoms with Crippen molar-refractivity contribution in [2.75, 3.05) is 13.1 Å². The maximum absolute atomic E-state index is 12.7. The number of amides is 1. The summed E-state index contributed by atoms with van der Waals surface area (Å²) in [4.78, 5) is 14.4. The maximum atomic E-state index is 12.7. The van der Waals surface area contributed by atoms with Gasteiger partial charge < -0.3 is 10.2 Å². The third-order valence-corrected chi connectivity index (χ3v) is 5.06. The van der Waals surface area contributed by atoms with Crippen LogP contribution in [0, 0.1) is 25.2 Å². The highest BCUT2D eigenvalue weighted by atomic mass is 35.5. The number of nitriles is 1. The normalized spacial score (nSPS) is 26.7. The van der Waals surface area contributed by atoms with Crippen LogP contribution in [-0.2, 0) is 4.79 Å². The number of halogens is 1. The standard InChI is InChI=1S/C18H23N3O.ClH/c1-12-5-3-6-13(2)17(12)14-9-16(20-11-14)18(22)21-8-4-7-15(21)10-19;/h3,5-6,14-16,20H,4,7-9,11H2,1-2H3;1H/t14-,15-,16-;/m0./s1. The highest BCUT2D eigenvalue weighted by molar-refractivity contribution is 5.85. The molecule has 2 heterocycles. The van der Waals surface area contributed by atoms with Crippen LogP contribution in [-0.4, -0.2) is 36.0 Å². The van der Waals surface area contributed by atoms with Crippen LogP contribution in [0.1, 0.15) is 41.9 Å². The predicted octanol–water partition coefficient (Wildman–Crippen LogP) is 2.69. The third-order valence-electron chi connectivity index (χ3n) is 5.06. The van der Waals surface area contributed by atoms with E-state index < -0.39 is 0 Å². The molecule has 2 aliphatic rings. The van der Waals surface area contributed by atoms with Crippen LogP contribution in [0.5, 0.6) is 0 Å². The van der Waals surface area contributed by atoms with Crippen LogP contribution in [0.4, 0.5) is 0 Å². The summed E-state index contributed by atoms with van der Waals surface area (Å²) in [6.45, 7) is 5.85. The largest absolute Gasteiger partial charge is 0.325 e. The molecule has 23 heavy (non-hydrogen) atoms. The summed E-state index contributed by atoms with van der Waals surface area (Å²) < 4.78 is 0. The lowest BCUT2D eigenvalue weighted by molar-refractivity contribution is -0.133. The second kappa shape index (κ2) is 7.33. The molecular weight excluding hydrogens is 310 g/mol. The number of aryl methyl sites for hydroxylation is 2. The number of rotatable bonds is 2. The highest BCUT2D eigenvalue weighted by Gasteiger charge is 2.37. The van der Waals surface area contributed by atoms with Gasteiger partial charge in [-0.25, -0.2) is 0 Å². The van der Waals surface area contributed by atoms with E-state index in [0.717, 1.165) is 32.4 Å². The molecule has 0 unspecified atom stereocenters. The maximum Gasteiger partial charge on any atom is 0.240 e. The van der Waals surface area contributed by atoms with Crippen molar-refractivity contribution in [1.29, 1.82) is 5.26 Å². The number of nitrogens with zero attached hydrogens (tertiary/aromatic N) is 2. The van der Waals surface area contributed by atoms with E-state index in [1.807, 2.05) is 0 Å². The average Bonchev–Trinajstić information content (AvgIpc) is 3.15. The molecule has 1 aromatic carbocycles. The molecule has 0 bridgehead atoms. The molecule has 0 aromatic heterocycles. The number of benzene rings is 1. The van der Waals surface area contributed by atoms with Crippen molar-refractivity contribution < 1.29 is 4.79 Å². The fraction of sp³-hybridized carbons (Fsp3) is 0.556. The van der Waals surface area contributed by atoms with E-state index in [9.17, 15) is 4.79 Å². The van der Waals surface area contributed by atoms with Gasteiger partial charge in [0.05, 0.1) is 12.1 Å². The zero-order chi connectivity index (χ0) is 15.7. The first-order chi connectivity index (χ1) is 10.6. The van der Waals surface area contributed by atoms with E-state index in [2.05, 4.69) is 43.4 Å². The zero-order valence-corrected chi connectivity index (χ0v) is 14.5. The second-order valence-corrected chi connectivity index (χ2v) is 6.52. The minimum absolute atomic E-state index is 0. The Morgan fingerprint density at radius 1 is 1.35 bits per heavy atom. The van der Waals surface area contributed by atoms with Crippen molar-refractivity contribution >= 4 is 18.3 Å². The van der Waals surface area contributed by atoms with Crippen molar-refractivity contribution in [2.45, 2.75) is 51.1 Å². The number of likely N-dealkylation sites (tertiary alicyclic amines) is 1. The van der Waals surface area contributed by atoms with E-state index in [4.69, 9.17) is 5.26 Å². The van der Waals surface area contributed by atoms with Gasteiger partial charge in [-0.3, -0.25) is 4.79 Å². The fourth-order valence-corrected chi connectivity index (χ4v) is 3.98. The molecule has 3 rings (SSSR count). The summed E-state index contributed by atoms with van der Waals surface area (Å²) in [5, 5.41) is 12.5. The molecule has 0 saturated carbocycles. The minimum atomic E-state index is -0.228. The van der Waals surface area contributed by atoms with Gasteiger partial charge in [-0.1, -0.05) is 18.2 Å². The van der Waals surface area contributed by atoms with Crippen molar-refractivity contribution in [3.8, 4) is 6.07 Å². The molecule has 2 fully saturated rings. The molecule has 1 N–H and O–H groups in total. The molecule has 2 saturated heterocycles. The molecule has 124 valence electrons. The van der Waals surface area contributed by atoms with E-state index in [0.29, 0.717) is 5.92 Å². The van der Waals surface area contributed by atoms with Gasteiger partial charge in [-0.05, 0) is 55.7 Å². The van der Waals surface area contributed by atoms with Gasteiger partial charge in [-0.2, -0.15) is 5.26 Å². The van der Waals surface area contributed by atoms with Gasteiger partial charge in [0.1, 0.15) is 6.04 Å². The Morgan fingerprint density at radius 2 is 2.04 bits per heavy atom. The first-order valence-corrected chi connectivity index (χ1v) is 8.11. The number of carbonyl (C=O) groups excluding carboxylic acids is 1. The first-order valence-electron chi connectivity index (χ1n) is 8.11. The Hall–Kier alpha value is -1.57. The van der Waals surface area contributed by atoms with Gasteiger partial charge in [0.25, 0.3) is 0 Å². The number of hydrogen-bond acceptors (Lipinski definition) is 3. The topological polar surface area (TPSA) is 56.1 Å². The number of carbonyl (C=O) groups is 1. The van der Waals surface area contributed by atoms with E-state index in [-0.39, 0.29) is 30.4 Å². The lowest BCUT2D eigenvalue weighted by atomic mass is 9.89. The Bertz CT molecular complexity index is 605. The lowest BCUT2D eigenvalue weighted by Gasteiger charge is -2.23.